The van der Waals surface area contributed by atoms with E-state index in [0.717, 1.165) is 44.0 Å². The number of pyridine rings is 1. The molecule has 1 aliphatic carbocycles. The van der Waals surface area contributed by atoms with E-state index >= 15 is 0 Å². The van der Waals surface area contributed by atoms with E-state index in [-0.39, 0.29) is 24.5 Å². The number of amides is 2. The summed E-state index contributed by atoms with van der Waals surface area (Å²) in [7, 11) is 0. The zero-order chi connectivity index (χ0) is 20.2. The van der Waals surface area contributed by atoms with Gasteiger partial charge in [0, 0.05) is 32.4 Å². The minimum atomic E-state index is -0.196. The summed E-state index contributed by atoms with van der Waals surface area (Å²) in [6.45, 7) is 7.29. The Kier molecular flexibility index (Phi) is 6.45. The molecule has 2 amide bonds. The maximum absolute atomic E-state index is 12.4. The van der Waals surface area contributed by atoms with Crippen molar-refractivity contribution >= 4 is 11.8 Å². The highest BCUT2D eigenvalue weighted by Gasteiger charge is 2.31. The lowest BCUT2D eigenvalue weighted by Gasteiger charge is -2.38. The van der Waals surface area contributed by atoms with Crippen LogP contribution in [-0.4, -0.2) is 78.6 Å². The number of hydrogen-bond acceptors (Lipinski definition) is 5. The van der Waals surface area contributed by atoms with Gasteiger partial charge in [0.2, 0.25) is 5.91 Å². The van der Waals surface area contributed by atoms with Crippen molar-refractivity contribution in [3.63, 3.8) is 0 Å². The number of carbonyl (C=O) groups is 2. The second-order valence-electron chi connectivity index (χ2n) is 8.80. The number of nitrogens with one attached hydrogen (secondary N) is 1. The van der Waals surface area contributed by atoms with Gasteiger partial charge in [0.1, 0.15) is 12.3 Å². The molecule has 0 bridgehead atoms. The highest BCUT2D eigenvalue weighted by atomic mass is 16.5. The van der Waals surface area contributed by atoms with Crippen LogP contribution in [-0.2, 0) is 9.53 Å². The summed E-state index contributed by atoms with van der Waals surface area (Å²) in [5, 5.41) is 2.91. The average molecular weight is 401 g/mol. The van der Waals surface area contributed by atoms with Crippen LogP contribution in [0.15, 0.2) is 18.3 Å². The van der Waals surface area contributed by atoms with Crippen molar-refractivity contribution in [2.75, 3.05) is 45.9 Å². The molecule has 158 valence electrons. The number of ether oxygens (including phenoxy) is 1. The fourth-order valence-electron chi connectivity index (χ4n) is 4.32. The molecule has 3 aliphatic rings. The van der Waals surface area contributed by atoms with E-state index < -0.39 is 0 Å². The highest BCUT2D eigenvalue weighted by Crippen LogP contribution is 2.31. The fraction of sp³-hybridized carbons (Fsp3) is 0.682. The second-order valence-corrected chi connectivity index (χ2v) is 8.80. The van der Waals surface area contributed by atoms with Gasteiger partial charge in [0.05, 0.1) is 6.10 Å². The molecule has 0 spiro atoms. The normalized spacial score (nSPS) is 24.0. The molecule has 7 nitrogen and oxygen atoms in total. The smallest absolute Gasteiger partial charge is 0.270 e. The van der Waals surface area contributed by atoms with Crippen molar-refractivity contribution in [3.8, 4) is 0 Å². The van der Waals surface area contributed by atoms with E-state index in [4.69, 9.17) is 4.74 Å². The lowest BCUT2D eigenvalue weighted by molar-refractivity contribution is -0.149. The molecule has 3 fully saturated rings. The van der Waals surface area contributed by atoms with Crippen LogP contribution in [0.1, 0.15) is 41.7 Å². The van der Waals surface area contributed by atoms with E-state index in [2.05, 4.69) is 15.2 Å². The maximum atomic E-state index is 12.4. The molecule has 2 saturated heterocycles. The van der Waals surface area contributed by atoms with Gasteiger partial charge in [0.25, 0.3) is 5.91 Å². The van der Waals surface area contributed by atoms with E-state index in [1.807, 2.05) is 24.0 Å². The van der Waals surface area contributed by atoms with Gasteiger partial charge in [-0.25, -0.2) is 0 Å². The molecular weight excluding hydrogens is 368 g/mol. The van der Waals surface area contributed by atoms with Crippen molar-refractivity contribution in [1.82, 2.24) is 20.1 Å². The highest BCUT2D eigenvalue weighted by molar-refractivity contribution is 5.93. The van der Waals surface area contributed by atoms with Crippen LogP contribution in [0, 0.1) is 18.8 Å². The Hall–Kier alpha value is -1.99. The Morgan fingerprint density at radius 3 is 2.69 bits per heavy atom. The first-order valence-corrected chi connectivity index (χ1v) is 10.9. The largest absolute Gasteiger partial charge is 0.365 e. The third-order valence-electron chi connectivity index (χ3n) is 6.33. The molecule has 7 heteroatoms. The number of hydrogen-bond donors (Lipinski definition) is 1. The number of carbonyl (C=O) groups excluding carboxylic acids is 2. The minimum Gasteiger partial charge on any atom is -0.365 e. The van der Waals surface area contributed by atoms with Crippen LogP contribution in [0.3, 0.4) is 0 Å². The summed E-state index contributed by atoms with van der Waals surface area (Å²) in [6, 6.07) is 3.69. The van der Waals surface area contributed by atoms with E-state index in [0.29, 0.717) is 24.7 Å². The fourth-order valence-corrected chi connectivity index (χ4v) is 4.32. The molecule has 1 aromatic rings. The van der Waals surface area contributed by atoms with Gasteiger partial charge >= 0.3 is 0 Å². The van der Waals surface area contributed by atoms with Gasteiger partial charge in [-0.05, 0) is 69.2 Å². The monoisotopic (exact) mass is 400 g/mol. The van der Waals surface area contributed by atoms with Crippen LogP contribution >= 0.6 is 0 Å². The van der Waals surface area contributed by atoms with Crippen LogP contribution < -0.4 is 5.32 Å². The van der Waals surface area contributed by atoms with E-state index in [9.17, 15) is 9.59 Å². The van der Waals surface area contributed by atoms with Gasteiger partial charge in [-0.1, -0.05) is 6.07 Å². The zero-order valence-corrected chi connectivity index (χ0v) is 17.3. The average Bonchev–Trinajstić information content (AvgIpc) is 3.54. The van der Waals surface area contributed by atoms with Crippen LogP contribution in [0.2, 0.25) is 0 Å². The molecule has 0 aromatic carbocycles. The van der Waals surface area contributed by atoms with Crippen molar-refractivity contribution in [2.45, 2.75) is 38.7 Å². The topological polar surface area (TPSA) is 74.8 Å². The Bertz CT molecular complexity index is 729. The van der Waals surface area contributed by atoms with Gasteiger partial charge < -0.3 is 19.9 Å². The predicted molar refractivity (Wildman–Crippen MR) is 110 cm³/mol. The number of aromatic nitrogens is 1. The first-order chi connectivity index (χ1) is 14.1. The number of nitrogens with zero attached hydrogens (tertiary/aromatic N) is 3. The standard InChI is InChI=1S/C22H32N4O3/c1-16-3-2-8-23-21(16)22(28)24-11-19-14-26(20(27)15-29-19)13-18-6-9-25(10-7-18)12-17-4-5-17/h2-3,8,17-19H,4-7,9-15H2,1H3,(H,24,28). The van der Waals surface area contributed by atoms with Crippen LogP contribution in [0.5, 0.6) is 0 Å². The number of piperidine rings is 1. The van der Waals surface area contributed by atoms with Crippen LogP contribution in [0.4, 0.5) is 0 Å². The summed E-state index contributed by atoms with van der Waals surface area (Å²) >= 11 is 0. The first-order valence-electron chi connectivity index (χ1n) is 10.9. The van der Waals surface area contributed by atoms with Crippen molar-refractivity contribution in [3.05, 3.63) is 29.6 Å². The summed E-state index contributed by atoms with van der Waals surface area (Å²) < 4.78 is 5.66. The second kappa shape index (κ2) is 9.22. The zero-order valence-electron chi connectivity index (χ0n) is 17.3. The third-order valence-corrected chi connectivity index (χ3v) is 6.33. The predicted octanol–water partition coefficient (Wildman–Crippen LogP) is 1.47. The Labute approximate surface area is 172 Å². The maximum Gasteiger partial charge on any atom is 0.270 e. The van der Waals surface area contributed by atoms with E-state index in [1.54, 1.807) is 6.20 Å². The molecule has 1 aromatic heterocycles. The molecule has 1 unspecified atom stereocenters. The molecule has 3 heterocycles. The number of morpholine rings is 1. The van der Waals surface area contributed by atoms with Crippen molar-refractivity contribution in [1.29, 1.82) is 0 Å². The molecule has 4 rings (SSSR count). The molecule has 0 radical (unpaired) electrons. The number of likely N-dealkylation sites (tertiary alicyclic amines) is 1. The summed E-state index contributed by atoms with van der Waals surface area (Å²) in [5.41, 5.74) is 1.29. The van der Waals surface area contributed by atoms with E-state index in [1.165, 1.54) is 19.4 Å². The SMILES string of the molecule is Cc1cccnc1C(=O)NCC1CN(CC2CCN(CC3CC3)CC2)C(=O)CO1. The number of rotatable bonds is 7. The van der Waals surface area contributed by atoms with Crippen molar-refractivity contribution in [2.24, 2.45) is 11.8 Å². The Morgan fingerprint density at radius 1 is 1.21 bits per heavy atom. The summed E-state index contributed by atoms with van der Waals surface area (Å²) in [6.07, 6.45) is 6.58. The minimum absolute atomic E-state index is 0.0635. The Balaban J connectivity index is 1.22. The lowest BCUT2D eigenvalue weighted by atomic mass is 9.95. The summed E-state index contributed by atoms with van der Waals surface area (Å²) in [4.78, 5) is 33.4. The first kappa shape index (κ1) is 20.3. The number of aryl methyl sites for hydroxylation is 1. The molecule has 1 saturated carbocycles. The summed E-state index contributed by atoms with van der Waals surface area (Å²) in [5.74, 6) is 1.38. The van der Waals surface area contributed by atoms with Gasteiger partial charge in [-0.15, -0.1) is 0 Å². The molecule has 1 N–H and O–H groups in total. The van der Waals surface area contributed by atoms with Gasteiger partial charge in [-0.2, -0.15) is 0 Å². The van der Waals surface area contributed by atoms with Crippen molar-refractivity contribution < 1.29 is 14.3 Å². The van der Waals surface area contributed by atoms with Gasteiger partial charge in [0.15, 0.2) is 0 Å². The van der Waals surface area contributed by atoms with Crippen LogP contribution in [0.25, 0.3) is 0 Å². The molecule has 29 heavy (non-hydrogen) atoms. The molecule has 2 aliphatic heterocycles. The Morgan fingerprint density at radius 2 is 1.97 bits per heavy atom. The molecular formula is C22H32N4O3. The molecule has 1 atom stereocenters. The van der Waals surface area contributed by atoms with Gasteiger partial charge in [-0.3, -0.25) is 14.6 Å². The third kappa shape index (κ3) is 5.54. The lowest BCUT2D eigenvalue weighted by Crippen LogP contribution is -2.52. The quantitative estimate of drug-likeness (QED) is 0.750.